The van der Waals surface area contributed by atoms with E-state index < -0.39 is 34.6 Å². The van der Waals surface area contributed by atoms with Crippen LogP contribution in [-0.2, 0) is 0 Å². The molecule has 1 aliphatic heterocycles. The first-order chi connectivity index (χ1) is 16.0. The Hall–Kier alpha value is -2.58. The number of likely N-dealkylation sites (tertiary alicyclic amines) is 1. The molecule has 34 heavy (non-hydrogen) atoms. The van der Waals surface area contributed by atoms with E-state index in [0.29, 0.717) is 12.1 Å². The van der Waals surface area contributed by atoms with Crippen LogP contribution < -0.4 is 10.6 Å². The summed E-state index contributed by atoms with van der Waals surface area (Å²) in [6.45, 7) is 12.8. The van der Waals surface area contributed by atoms with Gasteiger partial charge < -0.3 is 20.6 Å². The summed E-state index contributed by atoms with van der Waals surface area (Å²) in [5, 5.41) is 15.5. The minimum Gasteiger partial charge on any atom is -0.385 e. The summed E-state index contributed by atoms with van der Waals surface area (Å²) in [5.74, 6) is -2.77. The Morgan fingerprint density at radius 1 is 1.12 bits per heavy atom. The van der Waals surface area contributed by atoms with Crippen LogP contribution in [0.1, 0.15) is 57.0 Å². The van der Waals surface area contributed by atoms with Gasteiger partial charge in [0.15, 0.2) is 11.6 Å². The first kappa shape index (κ1) is 29.5. The summed E-state index contributed by atoms with van der Waals surface area (Å²) in [5.41, 5.74) is -1.04. The molecule has 1 heterocycles. The third-order valence-electron chi connectivity index (χ3n) is 5.29. The fourth-order valence-corrected chi connectivity index (χ4v) is 3.13. The molecule has 0 aromatic heterocycles. The van der Waals surface area contributed by atoms with Gasteiger partial charge >= 0.3 is 0 Å². The number of hydrogen-bond donors (Lipinski definition) is 3. The standard InChI is InChI=1S/C19H20F3N3O2.C5H12.C2H6/c1-11-3-6-15(14(21)7-11)24-17-12(4-5-13(20)16(17)22)18(26)25-9-19(27,10-25)8-23-2;1-4-5(2)3;1-2/h3-7,23-24,27H,8-10H2,1-2H3;5H,4H2,1-3H3;1-2H3. The van der Waals surface area contributed by atoms with Crippen molar-refractivity contribution in [1.82, 2.24) is 10.2 Å². The van der Waals surface area contributed by atoms with Gasteiger partial charge in [-0.05, 0) is 49.7 Å². The van der Waals surface area contributed by atoms with Crippen molar-refractivity contribution in [1.29, 1.82) is 0 Å². The zero-order valence-electron chi connectivity index (χ0n) is 21.2. The molecule has 0 spiro atoms. The second-order valence-electron chi connectivity index (χ2n) is 8.61. The third kappa shape index (κ3) is 7.74. The Morgan fingerprint density at radius 3 is 2.21 bits per heavy atom. The van der Waals surface area contributed by atoms with Crippen LogP contribution in [0, 0.1) is 30.3 Å². The lowest BCUT2D eigenvalue weighted by Gasteiger charge is -2.46. The molecule has 0 radical (unpaired) electrons. The van der Waals surface area contributed by atoms with E-state index in [2.05, 4.69) is 31.4 Å². The van der Waals surface area contributed by atoms with Gasteiger partial charge in [-0.15, -0.1) is 0 Å². The van der Waals surface area contributed by atoms with Gasteiger partial charge in [0.1, 0.15) is 11.4 Å². The summed E-state index contributed by atoms with van der Waals surface area (Å²) in [6.07, 6.45) is 1.31. The Labute approximate surface area is 201 Å². The normalized spacial score (nSPS) is 13.8. The van der Waals surface area contributed by atoms with Crippen molar-refractivity contribution in [2.45, 2.75) is 53.6 Å². The van der Waals surface area contributed by atoms with Crippen LogP contribution in [-0.4, -0.2) is 48.2 Å². The maximum atomic E-state index is 14.4. The van der Waals surface area contributed by atoms with E-state index >= 15 is 0 Å². The molecule has 0 unspecified atom stereocenters. The molecular weight excluding hydrogens is 443 g/mol. The van der Waals surface area contributed by atoms with Crippen LogP contribution in [0.2, 0.25) is 0 Å². The number of carbonyl (C=O) groups is 1. The summed E-state index contributed by atoms with van der Waals surface area (Å²) in [4.78, 5) is 14.0. The van der Waals surface area contributed by atoms with Crippen LogP contribution >= 0.6 is 0 Å². The van der Waals surface area contributed by atoms with Gasteiger partial charge in [-0.25, -0.2) is 13.2 Å². The van der Waals surface area contributed by atoms with Gasteiger partial charge in [0.25, 0.3) is 5.91 Å². The number of nitrogens with zero attached hydrogens (tertiary/aromatic N) is 1. The van der Waals surface area contributed by atoms with Crippen molar-refractivity contribution in [3.05, 3.63) is 58.9 Å². The summed E-state index contributed by atoms with van der Waals surface area (Å²) >= 11 is 0. The lowest BCUT2D eigenvalue weighted by molar-refractivity contribution is -0.0775. The molecule has 0 aliphatic carbocycles. The molecule has 1 aliphatic rings. The lowest BCUT2D eigenvalue weighted by atomic mass is 9.93. The van der Waals surface area contributed by atoms with E-state index in [1.54, 1.807) is 20.0 Å². The molecule has 2 aromatic carbocycles. The zero-order chi connectivity index (χ0) is 26.1. The molecule has 8 heteroatoms. The molecule has 1 amide bonds. The van der Waals surface area contributed by atoms with Crippen LogP contribution in [0.4, 0.5) is 24.5 Å². The average Bonchev–Trinajstić information content (AvgIpc) is 2.78. The molecule has 3 rings (SSSR count). The molecular formula is C26H38F3N3O2. The lowest BCUT2D eigenvalue weighted by Crippen LogP contribution is -2.67. The molecule has 0 atom stereocenters. The van der Waals surface area contributed by atoms with E-state index in [-0.39, 0.29) is 24.3 Å². The number of rotatable bonds is 6. The number of aliphatic hydroxyl groups is 1. The number of likely N-dealkylation sites (N-methyl/N-ethyl adjacent to an activating group) is 1. The van der Waals surface area contributed by atoms with Gasteiger partial charge in [0.05, 0.1) is 30.0 Å². The predicted octanol–water partition coefficient (Wildman–Crippen LogP) is 5.64. The highest BCUT2D eigenvalue weighted by Gasteiger charge is 2.43. The highest BCUT2D eigenvalue weighted by atomic mass is 19.2. The van der Waals surface area contributed by atoms with Gasteiger partial charge in [-0.1, -0.05) is 47.1 Å². The third-order valence-corrected chi connectivity index (χ3v) is 5.29. The Bertz CT molecular complexity index is 945. The second kappa shape index (κ2) is 13.3. The van der Waals surface area contributed by atoms with Crippen LogP contribution in [0.25, 0.3) is 0 Å². The number of amides is 1. The van der Waals surface area contributed by atoms with Crippen molar-refractivity contribution in [3.8, 4) is 0 Å². The van der Waals surface area contributed by atoms with Crippen LogP contribution in [0.3, 0.4) is 0 Å². The summed E-state index contributed by atoms with van der Waals surface area (Å²) in [6, 6.07) is 6.23. The van der Waals surface area contributed by atoms with Gasteiger partial charge in [0, 0.05) is 6.54 Å². The fraction of sp³-hybridized carbons (Fsp3) is 0.500. The van der Waals surface area contributed by atoms with Crippen LogP contribution in [0.5, 0.6) is 0 Å². The Morgan fingerprint density at radius 2 is 1.71 bits per heavy atom. The maximum Gasteiger partial charge on any atom is 0.256 e. The van der Waals surface area contributed by atoms with Crippen molar-refractivity contribution < 1.29 is 23.1 Å². The number of hydrogen-bond acceptors (Lipinski definition) is 4. The molecule has 5 nitrogen and oxygen atoms in total. The number of nitrogens with one attached hydrogen (secondary N) is 2. The van der Waals surface area contributed by atoms with E-state index in [4.69, 9.17) is 0 Å². The van der Waals surface area contributed by atoms with Gasteiger partial charge in [-0.3, -0.25) is 4.79 Å². The molecule has 1 saturated heterocycles. The molecule has 2 aromatic rings. The van der Waals surface area contributed by atoms with Gasteiger partial charge in [0.2, 0.25) is 0 Å². The van der Waals surface area contributed by atoms with E-state index in [0.717, 1.165) is 18.1 Å². The minimum absolute atomic E-state index is 0.0595. The van der Waals surface area contributed by atoms with E-state index in [9.17, 15) is 23.1 Å². The molecule has 0 bridgehead atoms. The topological polar surface area (TPSA) is 64.6 Å². The predicted molar refractivity (Wildman–Crippen MR) is 132 cm³/mol. The van der Waals surface area contributed by atoms with Crippen molar-refractivity contribution in [2.24, 2.45) is 5.92 Å². The fourth-order valence-electron chi connectivity index (χ4n) is 3.13. The Balaban J connectivity index is 0.000000733. The van der Waals surface area contributed by atoms with E-state index in [1.165, 1.54) is 23.5 Å². The Kier molecular flexibility index (Phi) is 11.6. The SMILES string of the molecule is CC.CCC(C)C.CNCC1(O)CN(C(=O)c2ccc(F)c(F)c2Nc2ccc(C)cc2F)C1. The van der Waals surface area contributed by atoms with Crippen molar-refractivity contribution in [2.75, 3.05) is 32.0 Å². The minimum atomic E-state index is -1.27. The smallest absolute Gasteiger partial charge is 0.256 e. The van der Waals surface area contributed by atoms with Crippen LogP contribution in [0.15, 0.2) is 30.3 Å². The highest BCUT2D eigenvalue weighted by Crippen LogP contribution is 2.31. The summed E-state index contributed by atoms with van der Waals surface area (Å²) < 4.78 is 42.2. The summed E-state index contributed by atoms with van der Waals surface area (Å²) in [7, 11) is 1.68. The number of aryl methyl sites for hydroxylation is 1. The first-order valence-electron chi connectivity index (χ1n) is 11.7. The monoisotopic (exact) mass is 481 g/mol. The molecule has 190 valence electrons. The zero-order valence-corrected chi connectivity index (χ0v) is 21.2. The molecule has 3 N–H and O–H groups in total. The van der Waals surface area contributed by atoms with Gasteiger partial charge in [-0.2, -0.15) is 0 Å². The number of benzene rings is 2. The molecule has 1 fully saturated rings. The average molecular weight is 482 g/mol. The number of carbonyl (C=O) groups excluding carboxylic acids is 1. The maximum absolute atomic E-state index is 14.4. The largest absolute Gasteiger partial charge is 0.385 e. The first-order valence-corrected chi connectivity index (χ1v) is 11.7. The van der Waals surface area contributed by atoms with E-state index in [1.807, 2.05) is 13.8 Å². The number of anilines is 2. The molecule has 0 saturated carbocycles. The highest BCUT2D eigenvalue weighted by molar-refractivity contribution is 6.01. The second-order valence-corrected chi connectivity index (χ2v) is 8.61. The van der Waals surface area contributed by atoms with Crippen molar-refractivity contribution in [3.63, 3.8) is 0 Å². The number of halogens is 3. The quantitative estimate of drug-likeness (QED) is 0.500. The van der Waals surface area contributed by atoms with Crippen molar-refractivity contribution >= 4 is 17.3 Å². The number of β-amino-alcohol motifs (C(OH)–C–C–N with tert-alkyl or cyclic N) is 1.